The molecule has 55 heavy (non-hydrogen) atoms. The van der Waals surface area contributed by atoms with E-state index in [1.54, 1.807) is 0 Å². The van der Waals surface area contributed by atoms with E-state index < -0.39 is 0 Å². The van der Waals surface area contributed by atoms with E-state index in [4.69, 9.17) is 15.0 Å². The van der Waals surface area contributed by atoms with E-state index in [2.05, 4.69) is 149 Å². The third-order valence-corrected chi connectivity index (χ3v) is 10.7. The summed E-state index contributed by atoms with van der Waals surface area (Å²) in [5.74, 6) is 1.90. The minimum absolute atomic E-state index is 0.632. The molecule has 5 nitrogen and oxygen atoms in total. The zero-order valence-electron chi connectivity index (χ0n) is 29.6. The third-order valence-electron chi connectivity index (χ3n) is 10.7. The summed E-state index contributed by atoms with van der Waals surface area (Å²) >= 11 is 0. The Kier molecular flexibility index (Phi) is 7.10. The van der Waals surface area contributed by atoms with Crippen LogP contribution in [-0.2, 0) is 0 Å². The van der Waals surface area contributed by atoms with Gasteiger partial charge in [-0.25, -0.2) is 15.0 Å². The van der Waals surface area contributed by atoms with E-state index in [-0.39, 0.29) is 0 Å². The standard InChI is InChI=1S/C50H31N5/c1-4-14-32(15-5-1)48-52-49(33-16-6-2-7-17-33)54-50(53-48)44-30-35(29-43-39-22-11-10-20-37(39)38-21-12-13-23-41(38)47(43)44)34-24-25-45-42(28-34)40-26-27-51-31-46(40)55(45)36-18-8-3-9-19-36/h1-31H. The summed E-state index contributed by atoms with van der Waals surface area (Å²) in [7, 11) is 0. The quantitative estimate of drug-likeness (QED) is 0.168. The van der Waals surface area contributed by atoms with Crippen LogP contribution in [-0.4, -0.2) is 24.5 Å². The monoisotopic (exact) mass is 701 g/mol. The van der Waals surface area contributed by atoms with E-state index in [0.29, 0.717) is 17.5 Å². The first-order chi connectivity index (χ1) is 27.3. The fraction of sp³-hybridized carbons (Fsp3) is 0. The maximum Gasteiger partial charge on any atom is 0.164 e. The molecule has 0 aliphatic carbocycles. The number of pyridine rings is 1. The molecule has 0 saturated heterocycles. The van der Waals surface area contributed by atoms with Crippen LogP contribution in [0.5, 0.6) is 0 Å². The molecule has 0 saturated carbocycles. The average Bonchev–Trinajstić information content (AvgIpc) is 3.60. The summed E-state index contributed by atoms with van der Waals surface area (Å²) < 4.78 is 2.30. The predicted octanol–water partition coefficient (Wildman–Crippen LogP) is 12.5. The Hall–Kier alpha value is -7.50. The molecule has 0 amide bonds. The SMILES string of the molecule is c1ccc(-c2nc(-c3ccccc3)nc(-c3cc(-c4ccc5c(c4)c4ccncc4n5-c4ccccc4)cc4c5ccccc5c5ccccc5c34)n2)cc1. The highest BCUT2D eigenvalue weighted by Gasteiger charge is 2.20. The molecule has 11 aromatic rings. The second-order valence-corrected chi connectivity index (χ2v) is 13.9. The fourth-order valence-electron chi connectivity index (χ4n) is 8.21. The van der Waals surface area contributed by atoms with Crippen molar-refractivity contribution in [3.63, 3.8) is 0 Å². The Morgan fingerprint density at radius 3 is 1.56 bits per heavy atom. The molecule has 0 aliphatic rings. The molecule has 0 aliphatic heterocycles. The highest BCUT2D eigenvalue weighted by atomic mass is 15.0. The van der Waals surface area contributed by atoms with Crippen molar-refractivity contribution in [2.75, 3.05) is 0 Å². The summed E-state index contributed by atoms with van der Waals surface area (Å²) in [5, 5.41) is 9.36. The lowest BCUT2D eigenvalue weighted by Gasteiger charge is -2.17. The van der Waals surface area contributed by atoms with Crippen molar-refractivity contribution in [1.29, 1.82) is 0 Å². The van der Waals surface area contributed by atoms with Crippen LogP contribution in [0.3, 0.4) is 0 Å². The van der Waals surface area contributed by atoms with Gasteiger partial charge in [-0.3, -0.25) is 4.98 Å². The van der Waals surface area contributed by atoms with E-state index in [1.807, 2.05) is 48.8 Å². The van der Waals surface area contributed by atoms with Crippen molar-refractivity contribution in [2.45, 2.75) is 0 Å². The first-order valence-corrected chi connectivity index (χ1v) is 18.5. The van der Waals surface area contributed by atoms with Gasteiger partial charge in [-0.05, 0) is 80.5 Å². The molecule has 0 bridgehead atoms. The fourth-order valence-corrected chi connectivity index (χ4v) is 8.21. The van der Waals surface area contributed by atoms with Gasteiger partial charge in [-0.2, -0.15) is 0 Å². The highest BCUT2D eigenvalue weighted by Crippen LogP contribution is 2.43. The molecule has 0 spiro atoms. The van der Waals surface area contributed by atoms with Crippen LogP contribution in [0.2, 0.25) is 0 Å². The van der Waals surface area contributed by atoms with Crippen molar-refractivity contribution >= 4 is 54.1 Å². The lowest BCUT2D eigenvalue weighted by Crippen LogP contribution is -2.01. The van der Waals surface area contributed by atoms with Gasteiger partial charge in [0, 0.05) is 44.7 Å². The van der Waals surface area contributed by atoms with E-state index in [9.17, 15) is 0 Å². The number of fused-ring (bicyclic) bond motifs is 9. The lowest BCUT2D eigenvalue weighted by atomic mass is 9.88. The molecule has 256 valence electrons. The average molecular weight is 702 g/mol. The predicted molar refractivity (Wildman–Crippen MR) is 226 cm³/mol. The third kappa shape index (κ3) is 5.09. The van der Waals surface area contributed by atoms with Crippen LogP contribution in [0.25, 0.3) is 105 Å². The van der Waals surface area contributed by atoms with Gasteiger partial charge < -0.3 is 4.57 Å². The molecular formula is C50H31N5. The van der Waals surface area contributed by atoms with Gasteiger partial charge in [0.05, 0.1) is 17.2 Å². The minimum Gasteiger partial charge on any atom is -0.308 e. The molecule has 3 aromatic heterocycles. The van der Waals surface area contributed by atoms with Gasteiger partial charge in [0.2, 0.25) is 0 Å². The summed E-state index contributed by atoms with van der Waals surface area (Å²) in [5.41, 5.74) is 8.34. The van der Waals surface area contributed by atoms with Gasteiger partial charge in [0.25, 0.3) is 0 Å². The molecule has 11 rings (SSSR count). The van der Waals surface area contributed by atoms with Crippen LogP contribution in [0.1, 0.15) is 0 Å². The van der Waals surface area contributed by atoms with Gasteiger partial charge in [-0.15, -0.1) is 0 Å². The smallest absolute Gasteiger partial charge is 0.164 e. The van der Waals surface area contributed by atoms with Crippen LogP contribution >= 0.6 is 0 Å². The van der Waals surface area contributed by atoms with Crippen molar-refractivity contribution in [3.05, 3.63) is 188 Å². The molecule has 3 heterocycles. The van der Waals surface area contributed by atoms with Gasteiger partial charge in [-0.1, -0.05) is 133 Å². The number of nitrogens with zero attached hydrogens (tertiary/aromatic N) is 5. The maximum atomic E-state index is 5.27. The lowest BCUT2D eigenvalue weighted by molar-refractivity contribution is 1.08. The first-order valence-electron chi connectivity index (χ1n) is 18.5. The van der Waals surface area contributed by atoms with Crippen LogP contribution in [0, 0.1) is 0 Å². The number of benzene rings is 8. The topological polar surface area (TPSA) is 56.5 Å². The molecule has 0 radical (unpaired) electrons. The molecule has 0 unspecified atom stereocenters. The van der Waals surface area contributed by atoms with Gasteiger partial charge in [0.15, 0.2) is 17.5 Å². The number of hydrogen-bond donors (Lipinski definition) is 0. The summed E-state index contributed by atoms with van der Waals surface area (Å²) in [6.45, 7) is 0. The molecular weight excluding hydrogens is 671 g/mol. The minimum atomic E-state index is 0.632. The normalized spacial score (nSPS) is 11.6. The second kappa shape index (κ2) is 12.6. The second-order valence-electron chi connectivity index (χ2n) is 13.9. The summed E-state index contributed by atoms with van der Waals surface area (Å²) in [4.78, 5) is 20.1. The molecule has 8 aromatic carbocycles. The zero-order valence-corrected chi connectivity index (χ0v) is 29.6. The Bertz CT molecular complexity index is 3190. The molecule has 0 N–H and O–H groups in total. The Labute approximate surface area is 316 Å². The zero-order chi connectivity index (χ0) is 36.3. The van der Waals surface area contributed by atoms with Crippen molar-refractivity contribution in [1.82, 2.24) is 24.5 Å². The molecule has 5 heteroatoms. The molecule has 0 fully saturated rings. The molecule has 0 atom stereocenters. The summed E-state index contributed by atoms with van der Waals surface area (Å²) in [6.07, 6.45) is 3.84. The number of aromatic nitrogens is 5. The van der Waals surface area contributed by atoms with Crippen molar-refractivity contribution in [3.8, 4) is 51.0 Å². The highest BCUT2D eigenvalue weighted by molar-refractivity contribution is 6.29. The first kappa shape index (κ1) is 31.1. The Morgan fingerprint density at radius 1 is 0.345 bits per heavy atom. The van der Waals surface area contributed by atoms with Gasteiger partial charge in [0.1, 0.15) is 0 Å². The Balaban J connectivity index is 1.24. The maximum absolute atomic E-state index is 5.27. The van der Waals surface area contributed by atoms with E-state index in [0.717, 1.165) is 66.1 Å². The van der Waals surface area contributed by atoms with Crippen molar-refractivity contribution < 1.29 is 0 Å². The van der Waals surface area contributed by atoms with Crippen LogP contribution in [0.4, 0.5) is 0 Å². The van der Waals surface area contributed by atoms with Crippen LogP contribution < -0.4 is 0 Å². The van der Waals surface area contributed by atoms with E-state index in [1.165, 1.54) is 21.5 Å². The largest absolute Gasteiger partial charge is 0.308 e. The number of para-hydroxylation sites is 1. The van der Waals surface area contributed by atoms with Gasteiger partial charge >= 0.3 is 0 Å². The van der Waals surface area contributed by atoms with Crippen molar-refractivity contribution in [2.24, 2.45) is 0 Å². The van der Waals surface area contributed by atoms with Crippen LogP contribution in [0.15, 0.2) is 188 Å². The van der Waals surface area contributed by atoms with E-state index >= 15 is 0 Å². The Morgan fingerprint density at radius 2 is 0.891 bits per heavy atom. The number of rotatable bonds is 5. The number of hydrogen-bond acceptors (Lipinski definition) is 4. The summed E-state index contributed by atoms with van der Waals surface area (Å²) in [6, 6.07) is 61.8.